The predicted octanol–water partition coefficient (Wildman–Crippen LogP) is 0.589. The molecule has 1 aromatic carbocycles. The molecule has 10 heteroatoms. The van der Waals surface area contributed by atoms with Gasteiger partial charge in [0.2, 0.25) is 5.91 Å². The monoisotopic (exact) mass is 377 g/mol. The number of carbonyl (C=O) groups excluding carboxylic acids is 1. The number of fused-ring (bicyclic) bond motifs is 1. The number of imidazole rings is 1. The van der Waals surface area contributed by atoms with E-state index in [9.17, 15) is 23.2 Å². The average Bonchev–Trinajstić information content (AvgIpc) is 3.01. The van der Waals surface area contributed by atoms with Gasteiger partial charge in [0, 0.05) is 14.1 Å². The smallest absolute Gasteiger partial charge is 0.332 e. The summed E-state index contributed by atoms with van der Waals surface area (Å²) in [5.41, 5.74) is -0.548. The number of amides is 1. The fourth-order valence-corrected chi connectivity index (χ4v) is 2.83. The lowest BCUT2D eigenvalue weighted by molar-refractivity contribution is -0.122. The molecule has 0 bridgehead atoms. The van der Waals surface area contributed by atoms with E-state index in [0.717, 1.165) is 16.7 Å². The fraction of sp³-hybridized carbons (Fsp3) is 0.294. The molecule has 0 saturated heterocycles. The van der Waals surface area contributed by atoms with Crippen molar-refractivity contribution < 1.29 is 13.6 Å². The second-order valence-electron chi connectivity index (χ2n) is 6.22. The molecular weight excluding hydrogens is 360 g/mol. The number of hydrogen-bond acceptors (Lipinski definition) is 4. The number of aryl methyl sites for hydroxylation is 2. The molecule has 1 N–H and O–H groups in total. The Labute approximate surface area is 151 Å². The Kier molecular flexibility index (Phi) is 4.64. The normalized spacial score (nSPS) is 12.3. The summed E-state index contributed by atoms with van der Waals surface area (Å²) >= 11 is 0. The zero-order valence-corrected chi connectivity index (χ0v) is 14.9. The second kappa shape index (κ2) is 6.78. The van der Waals surface area contributed by atoms with E-state index >= 15 is 0 Å². The number of nitrogens with one attached hydrogen (secondary N) is 1. The van der Waals surface area contributed by atoms with Crippen LogP contribution >= 0.6 is 0 Å². The highest BCUT2D eigenvalue weighted by atomic mass is 19.2. The molecule has 3 aromatic rings. The maximum Gasteiger partial charge on any atom is 0.332 e. The van der Waals surface area contributed by atoms with Gasteiger partial charge < -0.3 is 9.88 Å². The molecule has 1 amide bonds. The van der Waals surface area contributed by atoms with Crippen molar-refractivity contribution in [1.82, 2.24) is 24.0 Å². The third-order valence-corrected chi connectivity index (χ3v) is 4.32. The summed E-state index contributed by atoms with van der Waals surface area (Å²) in [5.74, 6) is -2.63. The van der Waals surface area contributed by atoms with Crippen molar-refractivity contribution >= 4 is 17.1 Å². The number of aromatic nitrogens is 4. The topological polar surface area (TPSA) is 90.9 Å². The quantitative estimate of drug-likeness (QED) is 0.721. The van der Waals surface area contributed by atoms with Crippen LogP contribution < -0.4 is 16.6 Å². The number of rotatable bonds is 4. The van der Waals surface area contributed by atoms with E-state index in [1.54, 1.807) is 14.0 Å². The van der Waals surface area contributed by atoms with Crippen LogP contribution in [0.5, 0.6) is 0 Å². The Morgan fingerprint density at radius 3 is 2.59 bits per heavy atom. The van der Waals surface area contributed by atoms with Crippen LogP contribution in [0.25, 0.3) is 11.2 Å². The molecule has 3 rings (SSSR count). The number of hydrogen-bond donors (Lipinski definition) is 1. The molecule has 0 radical (unpaired) electrons. The van der Waals surface area contributed by atoms with Crippen LogP contribution in [-0.4, -0.2) is 24.6 Å². The van der Waals surface area contributed by atoms with Crippen molar-refractivity contribution in [3.63, 3.8) is 0 Å². The van der Waals surface area contributed by atoms with E-state index in [1.807, 2.05) is 0 Å². The van der Waals surface area contributed by atoms with Crippen LogP contribution in [0.3, 0.4) is 0 Å². The lowest BCUT2D eigenvalue weighted by atomic mass is 10.1. The van der Waals surface area contributed by atoms with Crippen LogP contribution in [0.15, 0.2) is 34.1 Å². The highest BCUT2D eigenvalue weighted by Gasteiger charge is 2.18. The van der Waals surface area contributed by atoms with Crippen LogP contribution in [-0.2, 0) is 25.4 Å². The maximum atomic E-state index is 13.3. The van der Waals surface area contributed by atoms with E-state index in [0.29, 0.717) is 5.56 Å². The third kappa shape index (κ3) is 3.25. The molecule has 0 aliphatic heterocycles. The summed E-state index contributed by atoms with van der Waals surface area (Å²) in [6, 6.07) is 2.64. The summed E-state index contributed by atoms with van der Waals surface area (Å²) in [5, 5.41) is 2.56. The van der Waals surface area contributed by atoms with Crippen LogP contribution in [0.2, 0.25) is 0 Å². The first kappa shape index (κ1) is 18.5. The van der Waals surface area contributed by atoms with Crippen molar-refractivity contribution in [3.05, 3.63) is 62.6 Å². The zero-order valence-electron chi connectivity index (χ0n) is 14.9. The summed E-state index contributed by atoms with van der Waals surface area (Å²) < 4.78 is 29.8. The van der Waals surface area contributed by atoms with Gasteiger partial charge in [0.1, 0.15) is 6.54 Å². The summed E-state index contributed by atoms with van der Waals surface area (Å²) in [7, 11) is 3.06. The molecule has 27 heavy (non-hydrogen) atoms. The van der Waals surface area contributed by atoms with Crippen molar-refractivity contribution in [3.8, 4) is 0 Å². The molecule has 0 aliphatic carbocycles. The Hall–Kier alpha value is -3.30. The molecular formula is C17H17F2N5O3. The number of benzene rings is 1. The zero-order chi connectivity index (χ0) is 19.9. The Bertz CT molecular complexity index is 1160. The van der Waals surface area contributed by atoms with E-state index in [1.165, 1.54) is 28.6 Å². The molecule has 2 heterocycles. The molecule has 0 aliphatic rings. The number of halogens is 2. The predicted molar refractivity (Wildman–Crippen MR) is 93.1 cm³/mol. The van der Waals surface area contributed by atoms with Crippen molar-refractivity contribution in [2.75, 3.05) is 0 Å². The Morgan fingerprint density at radius 1 is 1.22 bits per heavy atom. The minimum atomic E-state index is -1.03. The van der Waals surface area contributed by atoms with Crippen molar-refractivity contribution in [1.29, 1.82) is 0 Å². The van der Waals surface area contributed by atoms with E-state index < -0.39 is 41.4 Å². The maximum absolute atomic E-state index is 13.3. The number of nitrogens with zero attached hydrogens (tertiary/aromatic N) is 4. The molecule has 0 spiro atoms. The second-order valence-corrected chi connectivity index (χ2v) is 6.22. The molecule has 0 saturated carbocycles. The van der Waals surface area contributed by atoms with Gasteiger partial charge >= 0.3 is 5.69 Å². The van der Waals surface area contributed by atoms with E-state index in [4.69, 9.17) is 0 Å². The van der Waals surface area contributed by atoms with Crippen LogP contribution in [0, 0.1) is 11.6 Å². The van der Waals surface area contributed by atoms with Gasteiger partial charge in [-0.05, 0) is 24.6 Å². The van der Waals surface area contributed by atoms with E-state index in [2.05, 4.69) is 10.3 Å². The van der Waals surface area contributed by atoms with Gasteiger partial charge in [-0.25, -0.2) is 23.1 Å². The van der Waals surface area contributed by atoms with Crippen LogP contribution in [0.1, 0.15) is 18.5 Å². The highest BCUT2D eigenvalue weighted by molar-refractivity contribution is 5.77. The molecule has 142 valence electrons. The largest absolute Gasteiger partial charge is 0.348 e. The molecule has 0 unspecified atom stereocenters. The average molecular weight is 377 g/mol. The lowest BCUT2D eigenvalue weighted by Crippen LogP contribution is -2.43. The first-order valence-electron chi connectivity index (χ1n) is 8.06. The van der Waals surface area contributed by atoms with Gasteiger partial charge in [0.05, 0.1) is 12.4 Å². The van der Waals surface area contributed by atoms with Gasteiger partial charge in [-0.15, -0.1) is 0 Å². The first-order chi connectivity index (χ1) is 12.7. The molecule has 1 atom stereocenters. The summed E-state index contributed by atoms with van der Waals surface area (Å²) in [6.45, 7) is 1.07. The SMILES string of the molecule is C[C@@H](NC(=O)Cn1c(=O)c2c(ncn2C)n(C)c1=O)c1ccc(F)c(F)c1. The van der Waals surface area contributed by atoms with Crippen molar-refractivity contribution in [2.24, 2.45) is 14.1 Å². The third-order valence-electron chi connectivity index (χ3n) is 4.32. The molecule has 0 fully saturated rings. The standard InChI is InChI=1S/C17H17F2N5O3/c1-9(10-4-5-11(18)12(19)6-10)21-13(25)7-24-16(26)14-15(20-8-22(14)2)23(3)17(24)27/h4-6,8-9H,7H2,1-3H3,(H,21,25)/t9-/m1/s1. The van der Waals surface area contributed by atoms with Gasteiger partial charge in [-0.1, -0.05) is 6.07 Å². The van der Waals surface area contributed by atoms with Crippen molar-refractivity contribution in [2.45, 2.75) is 19.5 Å². The summed E-state index contributed by atoms with van der Waals surface area (Å²) in [6.07, 6.45) is 1.40. The number of carbonyl (C=O) groups is 1. The minimum absolute atomic E-state index is 0.193. The van der Waals surface area contributed by atoms with Gasteiger partial charge in [0.25, 0.3) is 5.56 Å². The van der Waals surface area contributed by atoms with Crippen LogP contribution in [0.4, 0.5) is 8.78 Å². The fourth-order valence-electron chi connectivity index (χ4n) is 2.83. The summed E-state index contributed by atoms with van der Waals surface area (Å²) in [4.78, 5) is 41.3. The van der Waals surface area contributed by atoms with Gasteiger partial charge in [0.15, 0.2) is 22.8 Å². The Morgan fingerprint density at radius 2 is 1.93 bits per heavy atom. The highest BCUT2D eigenvalue weighted by Crippen LogP contribution is 2.15. The lowest BCUT2D eigenvalue weighted by Gasteiger charge is -2.15. The van der Waals surface area contributed by atoms with Gasteiger partial charge in [-0.2, -0.15) is 0 Å². The molecule has 2 aromatic heterocycles. The Balaban J connectivity index is 1.88. The minimum Gasteiger partial charge on any atom is -0.348 e. The first-order valence-corrected chi connectivity index (χ1v) is 8.06. The van der Waals surface area contributed by atoms with E-state index in [-0.39, 0.29) is 11.2 Å². The molecule has 8 nitrogen and oxygen atoms in total. The van der Waals surface area contributed by atoms with Gasteiger partial charge in [-0.3, -0.25) is 14.2 Å².